The lowest BCUT2D eigenvalue weighted by atomic mass is 9.82. The molecule has 6 heteroatoms. The van der Waals surface area contributed by atoms with Gasteiger partial charge in [-0.25, -0.2) is 4.98 Å². The van der Waals surface area contributed by atoms with Crippen LogP contribution in [0.4, 0.5) is 0 Å². The van der Waals surface area contributed by atoms with Crippen molar-refractivity contribution in [2.24, 2.45) is 0 Å². The van der Waals surface area contributed by atoms with E-state index in [0.29, 0.717) is 17.6 Å². The molecule has 0 spiro atoms. The molecular weight excluding hydrogens is 735 g/mol. The van der Waals surface area contributed by atoms with Crippen molar-refractivity contribution in [2.45, 2.75) is 19.3 Å². The smallest absolute Gasteiger partial charge is 0.238 e. The van der Waals surface area contributed by atoms with Gasteiger partial charge >= 0.3 is 0 Å². The van der Waals surface area contributed by atoms with Crippen LogP contribution in [0.15, 0.2) is 180 Å². The number of benzene rings is 8. The zero-order chi connectivity index (χ0) is 39.7. The molecule has 13 rings (SSSR count). The van der Waals surface area contributed by atoms with E-state index in [-0.39, 0.29) is 5.41 Å². The molecule has 0 unspecified atom stereocenters. The molecule has 0 saturated carbocycles. The average Bonchev–Trinajstić information content (AvgIpc) is 4.00. The molecule has 282 valence electrons. The lowest BCUT2D eigenvalue weighted by Gasteiger charge is -2.21. The van der Waals surface area contributed by atoms with E-state index in [1.807, 2.05) is 18.2 Å². The maximum Gasteiger partial charge on any atom is 0.238 e. The third-order valence-corrected chi connectivity index (χ3v) is 12.8. The fraction of sp³-hybridized carbons (Fsp3) is 0.0556. The van der Waals surface area contributed by atoms with Crippen molar-refractivity contribution in [2.75, 3.05) is 0 Å². The Balaban J connectivity index is 1.04. The summed E-state index contributed by atoms with van der Waals surface area (Å²) in [6.07, 6.45) is 0. The Labute approximate surface area is 344 Å². The molecule has 0 saturated heterocycles. The normalized spacial score (nSPS) is 13.3. The molecule has 0 atom stereocenters. The van der Waals surface area contributed by atoms with Gasteiger partial charge in [-0.2, -0.15) is 9.97 Å². The van der Waals surface area contributed by atoms with Gasteiger partial charge in [-0.15, -0.1) is 0 Å². The lowest BCUT2D eigenvalue weighted by molar-refractivity contribution is 0.661. The molecule has 4 heterocycles. The van der Waals surface area contributed by atoms with Gasteiger partial charge in [0.1, 0.15) is 11.2 Å². The van der Waals surface area contributed by atoms with Crippen LogP contribution in [0.5, 0.6) is 0 Å². The summed E-state index contributed by atoms with van der Waals surface area (Å²) in [6.45, 7) is 4.69. The molecule has 0 radical (unpaired) electrons. The molecule has 1 aliphatic rings. The first-order valence-corrected chi connectivity index (χ1v) is 20.4. The minimum absolute atomic E-state index is 0.126. The average molecular weight is 770 g/mol. The molecule has 0 fully saturated rings. The van der Waals surface area contributed by atoms with Gasteiger partial charge in [-0.05, 0) is 82.9 Å². The Morgan fingerprint density at radius 3 is 1.75 bits per heavy atom. The number of fused-ring (bicyclic) bond motifs is 12. The van der Waals surface area contributed by atoms with E-state index in [4.69, 9.17) is 19.4 Å². The first-order chi connectivity index (χ1) is 29.5. The Kier molecular flexibility index (Phi) is 6.69. The fourth-order valence-electron chi connectivity index (χ4n) is 9.95. The largest absolute Gasteiger partial charge is 0.456 e. The van der Waals surface area contributed by atoms with Gasteiger partial charge in [-0.3, -0.25) is 4.57 Å². The van der Waals surface area contributed by atoms with Crippen LogP contribution in [0.2, 0.25) is 0 Å². The highest BCUT2D eigenvalue weighted by molar-refractivity contribution is 6.12. The van der Waals surface area contributed by atoms with Crippen LogP contribution >= 0.6 is 0 Å². The van der Waals surface area contributed by atoms with E-state index < -0.39 is 0 Å². The highest BCUT2D eigenvalue weighted by Gasteiger charge is 2.36. The molecule has 4 aromatic heterocycles. The topological polar surface area (TPSA) is 61.7 Å². The number of hydrogen-bond acceptors (Lipinski definition) is 4. The van der Waals surface area contributed by atoms with E-state index in [0.717, 1.165) is 66.1 Å². The monoisotopic (exact) mass is 769 g/mol. The second-order valence-corrected chi connectivity index (χ2v) is 16.4. The molecule has 1 aliphatic carbocycles. The van der Waals surface area contributed by atoms with Gasteiger partial charge in [0, 0.05) is 54.5 Å². The molecule has 0 bridgehead atoms. The van der Waals surface area contributed by atoms with Gasteiger partial charge in [0.2, 0.25) is 5.95 Å². The highest BCUT2D eigenvalue weighted by Crippen LogP contribution is 2.51. The predicted octanol–water partition coefficient (Wildman–Crippen LogP) is 13.6. The Morgan fingerprint density at radius 1 is 0.400 bits per heavy atom. The minimum Gasteiger partial charge on any atom is -0.456 e. The van der Waals surface area contributed by atoms with Crippen LogP contribution in [0, 0.1) is 0 Å². The third-order valence-electron chi connectivity index (χ3n) is 12.8. The molecule has 60 heavy (non-hydrogen) atoms. The molecular formula is C54H35N5O. The van der Waals surface area contributed by atoms with Gasteiger partial charge < -0.3 is 8.98 Å². The van der Waals surface area contributed by atoms with Crippen LogP contribution in [0.3, 0.4) is 0 Å². The van der Waals surface area contributed by atoms with Gasteiger partial charge in [0.25, 0.3) is 0 Å². The van der Waals surface area contributed by atoms with Gasteiger partial charge in [0.15, 0.2) is 11.6 Å². The standard InChI is InChI=1S/C54H35N5O/c1-54(2)43-21-8-3-16-35(43)41-30-42-38-19-6-9-22-45(38)58(48(42)31-44(41)54)34-15-13-14-32(28-34)51-55-52(33-26-27-40-39-20-7-12-25-49(39)60-50(40)29-33)57-53(56-51)59-46-23-10-4-17-36(46)37-18-5-11-24-47(37)59/h3-31H,1-2H3. The zero-order valence-corrected chi connectivity index (χ0v) is 32.9. The quantitative estimate of drug-likeness (QED) is 0.179. The maximum absolute atomic E-state index is 6.35. The SMILES string of the molecule is CC1(C)c2ccccc2-c2cc3c4ccccc4n(-c4cccc(-c5nc(-c6ccc7c(c6)oc6ccccc67)nc(-n6c7ccccc7c7ccccc76)n5)c4)c3cc21. The van der Waals surface area contributed by atoms with Crippen LogP contribution < -0.4 is 0 Å². The first kappa shape index (κ1) is 33.2. The highest BCUT2D eigenvalue weighted by atomic mass is 16.3. The van der Waals surface area contributed by atoms with E-state index in [9.17, 15) is 0 Å². The van der Waals surface area contributed by atoms with E-state index in [1.54, 1.807) is 0 Å². The Morgan fingerprint density at radius 2 is 1.00 bits per heavy atom. The first-order valence-electron chi connectivity index (χ1n) is 20.4. The van der Waals surface area contributed by atoms with Crippen molar-refractivity contribution in [1.29, 1.82) is 0 Å². The Bertz CT molecular complexity index is 3720. The van der Waals surface area contributed by atoms with Crippen molar-refractivity contribution >= 4 is 65.6 Å². The molecule has 0 aliphatic heterocycles. The molecule has 6 nitrogen and oxygen atoms in total. The minimum atomic E-state index is -0.126. The summed E-state index contributed by atoms with van der Waals surface area (Å²) >= 11 is 0. The molecule has 12 aromatic rings. The number of nitrogens with zero attached hydrogens (tertiary/aromatic N) is 5. The summed E-state index contributed by atoms with van der Waals surface area (Å²) < 4.78 is 10.9. The molecule has 8 aromatic carbocycles. The second-order valence-electron chi connectivity index (χ2n) is 16.4. The number of para-hydroxylation sites is 4. The van der Waals surface area contributed by atoms with Crippen LogP contribution in [0.25, 0.3) is 111 Å². The Hall–Kier alpha value is -7.83. The third kappa shape index (κ3) is 4.61. The summed E-state index contributed by atoms with van der Waals surface area (Å²) in [5, 5.41) is 6.89. The van der Waals surface area contributed by atoms with Crippen molar-refractivity contribution in [3.63, 3.8) is 0 Å². The van der Waals surface area contributed by atoms with Crippen LogP contribution in [-0.4, -0.2) is 24.1 Å². The van der Waals surface area contributed by atoms with Crippen LogP contribution in [0.1, 0.15) is 25.0 Å². The van der Waals surface area contributed by atoms with Gasteiger partial charge in [-0.1, -0.05) is 129 Å². The number of rotatable bonds is 4. The van der Waals surface area contributed by atoms with E-state index in [1.165, 1.54) is 38.5 Å². The maximum atomic E-state index is 6.35. The fourth-order valence-corrected chi connectivity index (χ4v) is 9.95. The lowest BCUT2D eigenvalue weighted by Crippen LogP contribution is -2.14. The van der Waals surface area contributed by atoms with E-state index >= 15 is 0 Å². The van der Waals surface area contributed by atoms with Crippen molar-refractivity contribution in [1.82, 2.24) is 24.1 Å². The summed E-state index contributed by atoms with van der Waals surface area (Å²) in [4.78, 5) is 15.8. The molecule has 0 amide bonds. The summed E-state index contributed by atoms with van der Waals surface area (Å²) in [6, 6.07) is 62.4. The van der Waals surface area contributed by atoms with Gasteiger partial charge in [0.05, 0.1) is 22.1 Å². The number of furan rings is 1. The van der Waals surface area contributed by atoms with Crippen molar-refractivity contribution < 1.29 is 4.42 Å². The van der Waals surface area contributed by atoms with Crippen molar-refractivity contribution in [3.05, 3.63) is 187 Å². The number of aromatic nitrogens is 5. The zero-order valence-electron chi connectivity index (χ0n) is 32.9. The predicted molar refractivity (Wildman–Crippen MR) is 244 cm³/mol. The van der Waals surface area contributed by atoms with Crippen molar-refractivity contribution in [3.8, 4) is 45.5 Å². The van der Waals surface area contributed by atoms with Crippen LogP contribution in [-0.2, 0) is 5.41 Å². The number of hydrogen-bond donors (Lipinski definition) is 0. The summed E-state index contributed by atoms with van der Waals surface area (Å²) in [5.41, 5.74) is 14.0. The summed E-state index contributed by atoms with van der Waals surface area (Å²) in [5.74, 6) is 1.71. The van der Waals surface area contributed by atoms with E-state index in [2.05, 4.69) is 181 Å². The summed E-state index contributed by atoms with van der Waals surface area (Å²) in [7, 11) is 0. The second kappa shape index (κ2) is 12.1. The molecule has 0 N–H and O–H groups in total.